The zero-order valence-electron chi connectivity index (χ0n) is 12.0. The van der Waals surface area contributed by atoms with Gasteiger partial charge in [0.15, 0.2) is 0 Å². The van der Waals surface area contributed by atoms with Crippen molar-refractivity contribution in [1.82, 2.24) is 0 Å². The molecule has 18 heavy (non-hydrogen) atoms. The molecule has 0 aliphatic heterocycles. The molecule has 0 saturated heterocycles. The highest BCUT2D eigenvalue weighted by molar-refractivity contribution is 7.12. The second-order valence-electron chi connectivity index (χ2n) is 4.90. The molecule has 0 radical (unpaired) electrons. The molecular weight excluding hydrogens is 256 g/mol. The standard InChI is InChI=1S/C16H20S2/c1-9-7-15(13(5)17-9)11(3)12(4)16-8-10(2)18-14(16)6/h7-8H,1-6H3/b12-11-. The molecule has 0 aromatic carbocycles. The monoisotopic (exact) mass is 276 g/mol. The summed E-state index contributed by atoms with van der Waals surface area (Å²) in [7, 11) is 0. The van der Waals surface area contributed by atoms with Crippen molar-refractivity contribution in [2.75, 3.05) is 0 Å². The predicted octanol–water partition coefficient (Wildman–Crippen LogP) is 5.99. The van der Waals surface area contributed by atoms with E-state index in [1.165, 1.54) is 41.8 Å². The molecule has 2 heterocycles. The highest BCUT2D eigenvalue weighted by atomic mass is 32.1. The Morgan fingerprint density at radius 3 is 1.28 bits per heavy atom. The van der Waals surface area contributed by atoms with Crippen LogP contribution in [0.3, 0.4) is 0 Å². The van der Waals surface area contributed by atoms with Crippen molar-refractivity contribution in [3.05, 3.63) is 42.8 Å². The molecule has 0 spiro atoms. The first-order valence-electron chi connectivity index (χ1n) is 6.22. The van der Waals surface area contributed by atoms with E-state index in [2.05, 4.69) is 53.7 Å². The van der Waals surface area contributed by atoms with Gasteiger partial charge in [-0.2, -0.15) is 0 Å². The Balaban J connectivity index is 2.54. The van der Waals surface area contributed by atoms with Gasteiger partial charge in [0, 0.05) is 19.5 Å². The number of allylic oxidation sites excluding steroid dienone is 2. The lowest BCUT2D eigenvalue weighted by atomic mass is 9.97. The Bertz CT molecular complexity index is 555. The van der Waals surface area contributed by atoms with Gasteiger partial charge < -0.3 is 0 Å². The molecule has 0 atom stereocenters. The topological polar surface area (TPSA) is 0 Å². The molecule has 2 aromatic heterocycles. The van der Waals surface area contributed by atoms with Gasteiger partial charge in [0.05, 0.1) is 0 Å². The molecule has 2 aromatic rings. The van der Waals surface area contributed by atoms with Crippen molar-refractivity contribution in [3.8, 4) is 0 Å². The van der Waals surface area contributed by atoms with Crippen LogP contribution in [0.25, 0.3) is 11.1 Å². The molecule has 0 amide bonds. The number of aryl methyl sites for hydroxylation is 4. The minimum atomic E-state index is 1.40. The molecule has 0 bridgehead atoms. The molecule has 0 N–H and O–H groups in total. The molecule has 0 aliphatic carbocycles. The highest BCUT2D eigenvalue weighted by Gasteiger charge is 2.11. The number of rotatable bonds is 2. The van der Waals surface area contributed by atoms with Crippen LogP contribution in [0.1, 0.15) is 44.5 Å². The summed E-state index contributed by atoms with van der Waals surface area (Å²) in [5.41, 5.74) is 5.66. The van der Waals surface area contributed by atoms with Crippen LogP contribution in [0.15, 0.2) is 12.1 Å². The van der Waals surface area contributed by atoms with Crippen LogP contribution >= 0.6 is 22.7 Å². The average molecular weight is 276 g/mol. The normalized spacial score (nSPS) is 12.8. The van der Waals surface area contributed by atoms with Gasteiger partial charge in [0.2, 0.25) is 0 Å². The predicted molar refractivity (Wildman–Crippen MR) is 85.7 cm³/mol. The van der Waals surface area contributed by atoms with Crippen molar-refractivity contribution >= 4 is 33.8 Å². The van der Waals surface area contributed by atoms with Gasteiger partial charge in [0.1, 0.15) is 0 Å². The summed E-state index contributed by atoms with van der Waals surface area (Å²) in [6.45, 7) is 13.3. The van der Waals surface area contributed by atoms with E-state index in [1.54, 1.807) is 0 Å². The van der Waals surface area contributed by atoms with Crippen molar-refractivity contribution in [2.45, 2.75) is 41.5 Å². The Kier molecular flexibility index (Phi) is 3.79. The summed E-state index contributed by atoms with van der Waals surface area (Å²) in [5, 5.41) is 0. The van der Waals surface area contributed by atoms with Gasteiger partial charge in [-0.25, -0.2) is 0 Å². The highest BCUT2D eigenvalue weighted by Crippen LogP contribution is 2.35. The quantitative estimate of drug-likeness (QED) is 0.631. The Labute approximate surface area is 118 Å². The number of hydrogen-bond donors (Lipinski definition) is 0. The van der Waals surface area contributed by atoms with Crippen molar-refractivity contribution in [3.63, 3.8) is 0 Å². The van der Waals surface area contributed by atoms with Crippen LogP contribution in [-0.4, -0.2) is 0 Å². The van der Waals surface area contributed by atoms with Crippen LogP contribution in [0, 0.1) is 27.7 Å². The van der Waals surface area contributed by atoms with E-state index in [0.29, 0.717) is 0 Å². The minimum Gasteiger partial charge on any atom is -0.145 e. The maximum Gasteiger partial charge on any atom is 0.00921 e. The second-order valence-corrected chi connectivity index (χ2v) is 7.82. The summed E-state index contributed by atoms with van der Waals surface area (Å²) in [4.78, 5) is 5.64. The lowest BCUT2D eigenvalue weighted by Crippen LogP contribution is -1.86. The third kappa shape index (κ3) is 2.45. The maximum atomic E-state index is 2.31. The zero-order valence-corrected chi connectivity index (χ0v) is 13.6. The Morgan fingerprint density at radius 2 is 1.06 bits per heavy atom. The van der Waals surface area contributed by atoms with Gasteiger partial charge in [0.25, 0.3) is 0 Å². The minimum absolute atomic E-state index is 1.40. The van der Waals surface area contributed by atoms with Crippen LogP contribution in [0.5, 0.6) is 0 Å². The molecular formula is C16H20S2. The van der Waals surface area contributed by atoms with Crippen LogP contribution in [0.4, 0.5) is 0 Å². The van der Waals surface area contributed by atoms with Crippen LogP contribution < -0.4 is 0 Å². The van der Waals surface area contributed by atoms with E-state index in [0.717, 1.165) is 0 Å². The van der Waals surface area contributed by atoms with Crippen molar-refractivity contribution in [1.29, 1.82) is 0 Å². The number of hydrogen-bond acceptors (Lipinski definition) is 2. The van der Waals surface area contributed by atoms with E-state index in [4.69, 9.17) is 0 Å². The fourth-order valence-electron chi connectivity index (χ4n) is 2.41. The summed E-state index contributed by atoms with van der Waals surface area (Å²) in [6.07, 6.45) is 0. The molecule has 96 valence electrons. The lowest BCUT2D eigenvalue weighted by molar-refractivity contribution is 1.47. The van der Waals surface area contributed by atoms with Gasteiger partial charge in [-0.15, -0.1) is 22.7 Å². The first-order chi connectivity index (χ1) is 8.40. The van der Waals surface area contributed by atoms with E-state index in [1.807, 2.05) is 22.7 Å². The molecule has 0 nitrogen and oxygen atoms in total. The number of thiophene rings is 2. The van der Waals surface area contributed by atoms with Crippen molar-refractivity contribution in [2.24, 2.45) is 0 Å². The van der Waals surface area contributed by atoms with Gasteiger partial charge in [-0.05, 0) is 75.9 Å². The zero-order chi connectivity index (χ0) is 13.4. The van der Waals surface area contributed by atoms with E-state index < -0.39 is 0 Å². The molecule has 2 heteroatoms. The van der Waals surface area contributed by atoms with E-state index >= 15 is 0 Å². The summed E-state index contributed by atoms with van der Waals surface area (Å²) < 4.78 is 0. The second kappa shape index (κ2) is 5.02. The fraction of sp³-hybridized carbons (Fsp3) is 0.375. The first kappa shape index (κ1) is 13.6. The van der Waals surface area contributed by atoms with Crippen LogP contribution in [-0.2, 0) is 0 Å². The van der Waals surface area contributed by atoms with Crippen LogP contribution in [0.2, 0.25) is 0 Å². The van der Waals surface area contributed by atoms with Gasteiger partial charge >= 0.3 is 0 Å². The van der Waals surface area contributed by atoms with Crippen molar-refractivity contribution < 1.29 is 0 Å². The molecule has 0 unspecified atom stereocenters. The van der Waals surface area contributed by atoms with E-state index in [9.17, 15) is 0 Å². The first-order valence-corrected chi connectivity index (χ1v) is 7.85. The third-order valence-electron chi connectivity index (χ3n) is 3.45. The average Bonchev–Trinajstić information content (AvgIpc) is 2.79. The molecule has 0 saturated carbocycles. The largest absolute Gasteiger partial charge is 0.145 e. The Hall–Kier alpha value is -0.860. The van der Waals surface area contributed by atoms with E-state index in [-0.39, 0.29) is 0 Å². The van der Waals surface area contributed by atoms with Gasteiger partial charge in [-0.1, -0.05) is 0 Å². The third-order valence-corrected chi connectivity index (χ3v) is 5.38. The lowest BCUT2D eigenvalue weighted by Gasteiger charge is -2.07. The summed E-state index contributed by atoms with van der Waals surface area (Å²) in [6, 6.07) is 4.63. The van der Waals surface area contributed by atoms with Gasteiger partial charge in [-0.3, -0.25) is 0 Å². The molecule has 2 rings (SSSR count). The maximum absolute atomic E-state index is 2.31. The molecule has 0 aliphatic rings. The smallest absolute Gasteiger partial charge is 0.00921 e. The SMILES string of the molecule is C/C(=C(\C)c1cc(C)sc1C)c1cc(C)sc1C. The molecule has 0 fully saturated rings. The Morgan fingerprint density at radius 1 is 0.722 bits per heavy atom. The summed E-state index contributed by atoms with van der Waals surface area (Å²) in [5.74, 6) is 0. The fourth-order valence-corrected chi connectivity index (χ4v) is 4.37. The summed E-state index contributed by atoms with van der Waals surface area (Å²) >= 11 is 3.78.